The Morgan fingerprint density at radius 1 is 1.33 bits per heavy atom. The molecule has 0 unspecified atom stereocenters. The first-order chi connectivity index (χ1) is 10.3. The van der Waals surface area contributed by atoms with Gasteiger partial charge in [0.15, 0.2) is 0 Å². The Bertz CT molecular complexity index is 581. The van der Waals surface area contributed by atoms with Crippen LogP contribution in [0.4, 0.5) is 0 Å². The number of hydrogen-bond acceptors (Lipinski definition) is 4. The van der Waals surface area contributed by atoms with Gasteiger partial charge in [-0.2, -0.15) is 0 Å². The zero-order chi connectivity index (χ0) is 14.7. The molecule has 21 heavy (non-hydrogen) atoms. The predicted octanol–water partition coefficient (Wildman–Crippen LogP) is 1.95. The van der Waals surface area contributed by atoms with Crippen LogP contribution in [0.1, 0.15) is 29.9 Å². The molecule has 1 aliphatic heterocycles. The van der Waals surface area contributed by atoms with Crippen molar-refractivity contribution in [1.29, 1.82) is 0 Å². The maximum atomic E-state index is 5.67. The molecule has 2 aromatic heterocycles. The second-order valence-corrected chi connectivity index (χ2v) is 5.53. The average molecular weight is 286 g/mol. The van der Waals surface area contributed by atoms with E-state index in [2.05, 4.69) is 32.5 Å². The summed E-state index contributed by atoms with van der Waals surface area (Å²) in [7, 11) is 2.07. The van der Waals surface area contributed by atoms with E-state index in [-0.39, 0.29) is 0 Å². The quantitative estimate of drug-likeness (QED) is 0.842. The standard InChI is InChI=1S/C16H22N4O/c1-3-21-11-13-8-20(9-14-6-4-5-7-17-14)10-15-16(13)19(2)12-18-15/h4-7,12-13H,3,8-11H2,1-2H3/t13-/m1/s1. The van der Waals surface area contributed by atoms with Gasteiger partial charge in [0.2, 0.25) is 0 Å². The lowest BCUT2D eigenvalue weighted by atomic mass is 9.99. The largest absolute Gasteiger partial charge is 0.381 e. The molecular formula is C16H22N4O. The fraction of sp³-hybridized carbons (Fsp3) is 0.500. The third-order valence-electron chi connectivity index (χ3n) is 3.94. The summed E-state index contributed by atoms with van der Waals surface area (Å²) in [4.78, 5) is 11.4. The van der Waals surface area contributed by atoms with Crippen molar-refractivity contribution >= 4 is 0 Å². The molecule has 0 aromatic carbocycles. The molecule has 1 aliphatic rings. The van der Waals surface area contributed by atoms with Gasteiger partial charge in [0.1, 0.15) is 0 Å². The molecule has 0 N–H and O–H groups in total. The van der Waals surface area contributed by atoms with Crippen LogP contribution in [0.25, 0.3) is 0 Å². The summed E-state index contributed by atoms with van der Waals surface area (Å²) in [6, 6.07) is 6.07. The Balaban J connectivity index is 1.77. The van der Waals surface area contributed by atoms with E-state index in [1.165, 1.54) is 11.4 Å². The Labute approximate surface area is 125 Å². The number of aryl methyl sites for hydroxylation is 1. The van der Waals surface area contributed by atoms with Crippen molar-refractivity contribution in [3.8, 4) is 0 Å². The van der Waals surface area contributed by atoms with Gasteiger partial charge in [0, 0.05) is 51.1 Å². The van der Waals surface area contributed by atoms with Crippen molar-refractivity contribution in [1.82, 2.24) is 19.4 Å². The number of nitrogens with zero attached hydrogens (tertiary/aromatic N) is 4. The highest BCUT2D eigenvalue weighted by molar-refractivity contribution is 5.22. The normalized spacial score (nSPS) is 18.7. The lowest BCUT2D eigenvalue weighted by Gasteiger charge is -2.32. The van der Waals surface area contributed by atoms with Gasteiger partial charge in [-0.3, -0.25) is 9.88 Å². The van der Waals surface area contributed by atoms with E-state index in [1.54, 1.807) is 0 Å². The van der Waals surface area contributed by atoms with Crippen LogP contribution in [0.3, 0.4) is 0 Å². The molecule has 2 aromatic rings. The van der Waals surface area contributed by atoms with Crippen molar-refractivity contribution in [2.45, 2.75) is 25.9 Å². The zero-order valence-corrected chi connectivity index (χ0v) is 12.7. The van der Waals surface area contributed by atoms with Crippen LogP contribution in [0.15, 0.2) is 30.7 Å². The molecule has 0 saturated carbocycles. The maximum absolute atomic E-state index is 5.67. The topological polar surface area (TPSA) is 43.2 Å². The van der Waals surface area contributed by atoms with E-state index in [4.69, 9.17) is 4.74 Å². The lowest BCUT2D eigenvalue weighted by molar-refractivity contribution is 0.102. The molecule has 0 radical (unpaired) electrons. The molecule has 0 aliphatic carbocycles. The number of pyridine rings is 1. The van der Waals surface area contributed by atoms with Gasteiger partial charge in [-0.15, -0.1) is 0 Å². The molecule has 1 atom stereocenters. The summed E-state index contributed by atoms with van der Waals surface area (Å²) in [5.41, 5.74) is 3.59. The molecule has 0 spiro atoms. The summed E-state index contributed by atoms with van der Waals surface area (Å²) in [5.74, 6) is 0.380. The van der Waals surface area contributed by atoms with E-state index in [9.17, 15) is 0 Å². The molecule has 0 bridgehead atoms. The second kappa shape index (κ2) is 6.37. The summed E-state index contributed by atoms with van der Waals surface area (Å²) in [5, 5.41) is 0. The van der Waals surface area contributed by atoms with Crippen molar-refractivity contribution in [3.63, 3.8) is 0 Å². The maximum Gasteiger partial charge on any atom is 0.0949 e. The van der Waals surface area contributed by atoms with E-state index >= 15 is 0 Å². The van der Waals surface area contributed by atoms with Crippen molar-refractivity contribution in [2.75, 3.05) is 19.8 Å². The lowest BCUT2D eigenvalue weighted by Crippen LogP contribution is -2.36. The minimum absolute atomic E-state index is 0.380. The Kier molecular flexibility index (Phi) is 4.31. The Hall–Kier alpha value is -1.72. The van der Waals surface area contributed by atoms with Crippen LogP contribution in [0, 0.1) is 0 Å². The number of hydrogen-bond donors (Lipinski definition) is 0. The van der Waals surface area contributed by atoms with Gasteiger partial charge in [0.05, 0.1) is 24.3 Å². The summed E-state index contributed by atoms with van der Waals surface area (Å²) < 4.78 is 7.81. The minimum Gasteiger partial charge on any atom is -0.381 e. The molecule has 3 rings (SSSR count). The predicted molar refractivity (Wildman–Crippen MR) is 80.8 cm³/mol. The Morgan fingerprint density at radius 3 is 3.00 bits per heavy atom. The highest BCUT2D eigenvalue weighted by atomic mass is 16.5. The van der Waals surface area contributed by atoms with Gasteiger partial charge < -0.3 is 9.30 Å². The fourth-order valence-electron chi connectivity index (χ4n) is 3.04. The minimum atomic E-state index is 0.380. The van der Waals surface area contributed by atoms with Gasteiger partial charge in [-0.25, -0.2) is 4.98 Å². The molecule has 112 valence electrons. The first-order valence-electron chi connectivity index (χ1n) is 7.48. The van der Waals surface area contributed by atoms with Crippen LogP contribution in [0.2, 0.25) is 0 Å². The summed E-state index contributed by atoms with van der Waals surface area (Å²) in [6.45, 7) is 6.28. The first-order valence-corrected chi connectivity index (χ1v) is 7.48. The van der Waals surface area contributed by atoms with Crippen molar-refractivity contribution < 1.29 is 4.74 Å². The molecule has 0 saturated heterocycles. The van der Waals surface area contributed by atoms with Crippen LogP contribution >= 0.6 is 0 Å². The zero-order valence-electron chi connectivity index (χ0n) is 12.7. The third-order valence-corrected chi connectivity index (χ3v) is 3.94. The third kappa shape index (κ3) is 3.14. The first kappa shape index (κ1) is 14.2. The van der Waals surface area contributed by atoms with Crippen LogP contribution < -0.4 is 0 Å². The number of rotatable bonds is 5. The van der Waals surface area contributed by atoms with E-state index < -0.39 is 0 Å². The molecule has 3 heterocycles. The SMILES string of the molecule is CCOC[C@H]1CN(Cc2ccccn2)Cc2ncn(C)c21. The molecular weight excluding hydrogens is 264 g/mol. The van der Waals surface area contributed by atoms with Gasteiger partial charge in [-0.1, -0.05) is 6.07 Å². The van der Waals surface area contributed by atoms with E-state index in [0.717, 1.165) is 38.5 Å². The molecule has 5 heteroatoms. The summed E-state index contributed by atoms with van der Waals surface area (Å²) in [6.07, 6.45) is 3.76. The fourth-order valence-corrected chi connectivity index (χ4v) is 3.04. The molecule has 0 fully saturated rings. The van der Waals surface area contributed by atoms with Gasteiger partial charge in [-0.05, 0) is 19.1 Å². The highest BCUT2D eigenvalue weighted by Gasteiger charge is 2.29. The van der Waals surface area contributed by atoms with Crippen LogP contribution in [-0.2, 0) is 24.9 Å². The number of aromatic nitrogens is 3. The van der Waals surface area contributed by atoms with Gasteiger partial charge >= 0.3 is 0 Å². The van der Waals surface area contributed by atoms with Crippen molar-refractivity contribution in [3.05, 3.63) is 47.8 Å². The van der Waals surface area contributed by atoms with Crippen LogP contribution in [-0.4, -0.2) is 39.2 Å². The number of fused-ring (bicyclic) bond motifs is 1. The number of ether oxygens (including phenoxy) is 1. The van der Waals surface area contributed by atoms with Crippen LogP contribution in [0.5, 0.6) is 0 Å². The van der Waals surface area contributed by atoms with Crippen molar-refractivity contribution in [2.24, 2.45) is 7.05 Å². The number of imidazole rings is 1. The van der Waals surface area contributed by atoms with E-state index in [1.807, 2.05) is 31.6 Å². The van der Waals surface area contributed by atoms with E-state index in [0.29, 0.717) is 5.92 Å². The summed E-state index contributed by atoms with van der Waals surface area (Å²) >= 11 is 0. The smallest absolute Gasteiger partial charge is 0.0949 e. The average Bonchev–Trinajstić information content (AvgIpc) is 2.87. The highest BCUT2D eigenvalue weighted by Crippen LogP contribution is 2.28. The monoisotopic (exact) mass is 286 g/mol. The Morgan fingerprint density at radius 2 is 2.24 bits per heavy atom. The second-order valence-electron chi connectivity index (χ2n) is 5.53. The molecule has 0 amide bonds. The van der Waals surface area contributed by atoms with Gasteiger partial charge in [0.25, 0.3) is 0 Å². The molecule has 5 nitrogen and oxygen atoms in total.